The van der Waals surface area contributed by atoms with Gasteiger partial charge < -0.3 is 28.8 Å². The quantitative estimate of drug-likeness (QED) is 0.0272. The highest BCUT2D eigenvalue weighted by Crippen LogP contribution is 2.38. The van der Waals surface area contributed by atoms with Crippen LogP contribution in [0.1, 0.15) is 303 Å². The van der Waals surface area contributed by atoms with Crippen LogP contribution in [0.4, 0.5) is 0 Å². The molecule has 0 aliphatic rings. The number of aliphatic hydroxyl groups excluding tert-OH is 1. The number of rotatable bonds is 56. The lowest BCUT2D eigenvalue weighted by Gasteiger charge is -2.29. The molecule has 0 aliphatic carbocycles. The molecule has 3 atom stereocenters. The largest absolute Gasteiger partial charge is 0.756 e. The van der Waals surface area contributed by atoms with Gasteiger partial charge in [-0.3, -0.25) is 9.36 Å². The predicted octanol–water partition coefficient (Wildman–Crippen LogP) is 17.7. The van der Waals surface area contributed by atoms with Crippen LogP contribution in [-0.2, 0) is 18.4 Å². The summed E-state index contributed by atoms with van der Waals surface area (Å²) in [6, 6.07) is -0.900. The minimum atomic E-state index is -4.60. The van der Waals surface area contributed by atoms with E-state index in [9.17, 15) is 19.4 Å². The van der Waals surface area contributed by atoms with Crippen molar-refractivity contribution < 1.29 is 32.9 Å². The van der Waals surface area contributed by atoms with Crippen LogP contribution in [0, 0.1) is 0 Å². The zero-order valence-electron chi connectivity index (χ0n) is 46.8. The van der Waals surface area contributed by atoms with Gasteiger partial charge in [0.1, 0.15) is 13.2 Å². The summed E-state index contributed by atoms with van der Waals surface area (Å²) in [6.45, 7) is 4.68. The normalized spacial score (nSPS) is 14.0. The van der Waals surface area contributed by atoms with Crippen LogP contribution in [0.2, 0.25) is 0 Å². The fraction of sp³-hybridized carbons (Fsp3) is 0.917. The summed E-state index contributed by atoms with van der Waals surface area (Å²) in [4.78, 5) is 25.5. The van der Waals surface area contributed by atoms with E-state index < -0.39 is 20.0 Å². The Bertz CT molecular complexity index is 1170. The van der Waals surface area contributed by atoms with E-state index in [1.54, 1.807) is 6.08 Å². The molecule has 0 aliphatic heterocycles. The molecule has 1 amide bonds. The molecule has 8 nitrogen and oxygen atoms in total. The van der Waals surface area contributed by atoms with Crippen molar-refractivity contribution >= 4 is 13.7 Å². The summed E-state index contributed by atoms with van der Waals surface area (Å²) in [5, 5.41) is 13.9. The maximum atomic E-state index is 13.0. The SMILES string of the molecule is CCCCCCCCCCCCCCCCCCCCCCC/C=C/CC/C=C/C(O)C(COP(=O)([O-])OCC[N+](C)(C)C)NC(=O)CCCCCCCCCCCCCCCCCCCCCC. The molecule has 0 aromatic rings. The molecular formula is C60H119N2O6P. The molecule has 2 N–H and O–H groups in total. The van der Waals surface area contributed by atoms with Gasteiger partial charge in [0, 0.05) is 6.42 Å². The molecule has 0 aromatic carbocycles. The molecule has 410 valence electrons. The summed E-state index contributed by atoms with van der Waals surface area (Å²) >= 11 is 0. The Morgan fingerprint density at radius 1 is 0.493 bits per heavy atom. The van der Waals surface area contributed by atoms with Crippen LogP contribution in [0.25, 0.3) is 0 Å². The molecule has 3 unspecified atom stereocenters. The van der Waals surface area contributed by atoms with Crippen LogP contribution in [-0.4, -0.2) is 68.5 Å². The first kappa shape index (κ1) is 68.0. The molecule has 0 bridgehead atoms. The van der Waals surface area contributed by atoms with Crippen molar-refractivity contribution in [2.24, 2.45) is 0 Å². The number of carbonyl (C=O) groups excluding carboxylic acids is 1. The first-order valence-corrected chi connectivity index (χ1v) is 31.7. The summed E-state index contributed by atoms with van der Waals surface area (Å²) in [5.74, 6) is -0.201. The number of nitrogens with zero attached hydrogens (tertiary/aromatic N) is 1. The molecule has 0 aromatic heterocycles. The molecule has 9 heteroatoms. The van der Waals surface area contributed by atoms with E-state index in [-0.39, 0.29) is 19.1 Å². The zero-order chi connectivity index (χ0) is 50.6. The van der Waals surface area contributed by atoms with Crippen molar-refractivity contribution in [2.75, 3.05) is 40.9 Å². The Morgan fingerprint density at radius 2 is 0.812 bits per heavy atom. The third-order valence-electron chi connectivity index (χ3n) is 13.9. The maximum Gasteiger partial charge on any atom is 0.268 e. The van der Waals surface area contributed by atoms with Crippen molar-refractivity contribution in [1.82, 2.24) is 5.32 Å². The minimum Gasteiger partial charge on any atom is -0.756 e. The fourth-order valence-corrected chi connectivity index (χ4v) is 9.90. The average Bonchev–Trinajstić information content (AvgIpc) is 3.31. The summed E-state index contributed by atoms with van der Waals surface area (Å²) in [6.07, 6.45) is 65.5. The van der Waals surface area contributed by atoms with E-state index in [1.807, 2.05) is 27.2 Å². The van der Waals surface area contributed by atoms with Gasteiger partial charge in [-0.05, 0) is 32.1 Å². The number of aliphatic hydroxyl groups is 1. The Balaban J connectivity index is 4.19. The molecule has 0 fully saturated rings. The van der Waals surface area contributed by atoms with Crippen molar-refractivity contribution in [1.29, 1.82) is 0 Å². The van der Waals surface area contributed by atoms with Gasteiger partial charge in [-0.2, -0.15) is 0 Å². The Hall–Kier alpha value is -1.02. The molecule has 0 saturated heterocycles. The predicted molar refractivity (Wildman–Crippen MR) is 298 cm³/mol. The number of quaternary nitrogens is 1. The number of unbranched alkanes of at least 4 members (excludes halogenated alkanes) is 41. The second kappa shape index (κ2) is 51.9. The van der Waals surface area contributed by atoms with Crippen LogP contribution in [0.3, 0.4) is 0 Å². The van der Waals surface area contributed by atoms with Crippen molar-refractivity contribution in [3.05, 3.63) is 24.3 Å². The minimum absolute atomic E-state index is 0.00364. The number of amides is 1. The second-order valence-corrected chi connectivity index (χ2v) is 23.5. The first-order chi connectivity index (χ1) is 33.5. The van der Waals surface area contributed by atoms with Crippen molar-refractivity contribution in [2.45, 2.75) is 315 Å². The number of phosphoric ester groups is 1. The summed E-state index contributed by atoms with van der Waals surface area (Å²) in [7, 11) is 1.26. The van der Waals surface area contributed by atoms with E-state index in [4.69, 9.17) is 9.05 Å². The number of hydrogen-bond acceptors (Lipinski definition) is 6. The van der Waals surface area contributed by atoms with Gasteiger partial charge in [0.15, 0.2) is 0 Å². The van der Waals surface area contributed by atoms with E-state index in [0.717, 1.165) is 38.5 Å². The van der Waals surface area contributed by atoms with Gasteiger partial charge in [-0.25, -0.2) is 0 Å². The van der Waals surface area contributed by atoms with Crippen molar-refractivity contribution in [3.63, 3.8) is 0 Å². The second-order valence-electron chi connectivity index (χ2n) is 22.1. The topological polar surface area (TPSA) is 108 Å². The monoisotopic (exact) mass is 995 g/mol. The third kappa shape index (κ3) is 54.6. The number of nitrogens with one attached hydrogen (secondary N) is 1. The molecule has 0 radical (unpaired) electrons. The lowest BCUT2D eigenvalue weighted by atomic mass is 10.0. The van der Waals surface area contributed by atoms with Crippen LogP contribution < -0.4 is 10.2 Å². The number of allylic oxidation sites excluding steroid dienone is 3. The van der Waals surface area contributed by atoms with Crippen LogP contribution in [0.15, 0.2) is 24.3 Å². The molecule has 0 rings (SSSR count). The molecule has 0 spiro atoms. The van der Waals surface area contributed by atoms with Crippen LogP contribution in [0.5, 0.6) is 0 Å². The maximum absolute atomic E-state index is 13.0. The van der Waals surface area contributed by atoms with Gasteiger partial charge in [0.25, 0.3) is 7.82 Å². The zero-order valence-corrected chi connectivity index (χ0v) is 47.7. The molecule has 0 heterocycles. The van der Waals surface area contributed by atoms with Crippen molar-refractivity contribution in [3.8, 4) is 0 Å². The van der Waals surface area contributed by atoms with Gasteiger partial charge in [0.05, 0.1) is 39.9 Å². The Morgan fingerprint density at radius 3 is 1.17 bits per heavy atom. The Kier molecular flexibility index (Phi) is 51.1. The third-order valence-corrected chi connectivity index (χ3v) is 14.9. The average molecular weight is 996 g/mol. The number of likely N-dealkylation sites (N-methyl/N-ethyl adjacent to an activating group) is 1. The van der Waals surface area contributed by atoms with Gasteiger partial charge in [0.2, 0.25) is 5.91 Å². The van der Waals surface area contributed by atoms with Gasteiger partial charge in [-0.1, -0.05) is 289 Å². The Labute approximate surface area is 430 Å². The van der Waals surface area contributed by atoms with Gasteiger partial charge >= 0.3 is 0 Å². The lowest BCUT2D eigenvalue weighted by Crippen LogP contribution is -2.45. The van der Waals surface area contributed by atoms with Crippen LogP contribution >= 0.6 is 7.82 Å². The number of carbonyl (C=O) groups is 1. The smallest absolute Gasteiger partial charge is 0.268 e. The van der Waals surface area contributed by atoms with E-state index in [0.29, 0.717) is 17.4 Å². The summed E-state index contributed by atoms with van der Waals surface area (Å²) in [5.41, 5.74) is 0. The highest BCUT2D eigenvalue weighted by molar-refractivity contribution is 7.45. The lowest BCUT2D eigenvalue weighted by molar-refractivity contribution is -0.870. The highest BCUT2D eigenvalue weighted by atomic mass is 31.2. The number of hydrogen-bond donors (Lipinski definition) is 2. The van der Waals surface area contributed by atoms with Gasteiger partial charge in [-0.15, -0.1) is 0 Å². The van der Waals surface area contributed by atoms with E-state index in [2.05, 4.69) is 31.3 Å². The van der Waals surface area contributed by atoms with E-state index >= 15 is 0 Å². The first-order valence-electron chi connectivity index (χ1n) is 30.2. The molecular weight excluding hydrogens is 876 g/mol. The summed E-state index contributed by atoms with van der Waals surface area (Å²) < 4.78 is 23.4. The molecule has 69 heavy (non-hydrogen) atoms. The number of phosphoric acid groups is 1. The standard InChI is InChI=1S/C60H119N2O6P/c1-6-8-10-12-14-16-18-20-22-24-26-28-29-30-31-32-33-34-35-37-39-41-43-45-47-49-51-53-59(63)58(57-68-69(65,66)67-56-55-62(3,4)5)61-60(64)54-52-50-48-46-44-42-40-38-36-27-25-23-21-19-17-15-13-11-9-7-2/h43,45,51,53,58-59,63H,6-42,44,46-50,52,54-57H2,1-5H3,(H-,61,64,65,66)/b45-43+,53-51+. The molecule has 0 saturated carbocycles. The fourth-order valence-electron chi connectivity index (χ4n) is 9.17. The van der Waals surface area contributed by atoms with E-state index in [1.165, 1.54) is 244 Å². The highest BCUT2D eigenvalue weighted by Gasteiger charge is 2.23.